The van der Waals surface area contributed by atoms with Gasteiger partial charge in [-0.25, -0.2) is 14.0 Å². The molecule has 0 saturated heterocycles. The summed E-state index contributed by atoms with van der Waals surface area (Å²) in [5, 5.41) is 0. The maximum atomic E-state index is 14.7. The van der Waals surface area contributed by atoms with Crippen molar-refractivity contribution in [1.82, 2.24) is 0 Å². The highest BCUT2D eigenvalue weighted by atomic mass is 19.2. The summed E-state index contributed by atoms with van der Waals surface area (Å²) in [4.78, 5) is 23.1. The minimum Gasteiger partial charge on any atom is -0.490 e. The van der Waals surface area contributed by atoms with Gasteiger partial charge in [-0.05, 0) is 67.9 Å². The van der Waals surface area contributed by atoms with Crippen molar-refractivity contribution in [2.24, 2.45) is 0 Å². The molecular formula is C28H24F2O6. The predicted octanol–water partition coefficient (Wildman–Crippen LogP) is 6.05. The maximum absolute atomic E-state index is 14.7. The number of carbonyl (C=O) groups excluding carboxylic acids is 2. The van der Waals surface area contributed by atoms with Gasteiger partial charge in [0.15, 0.2) is 11.6 Å². The zero-order valence-corrected chi connectivity index (χ0v) is 19.8. The van der Waals surface area contributed by atoms with Gasteiger partial charge in [0.1, 0.15) is 30.5 Å². The third-order valence-electron chi connectivity index (χ3n) is 4.76. The van der Waals surface area contributed by atoms with E-state index in [0.717, 1.165) is 0 Å². The third-order valence-corrected chi connectivity index (χ3v) is 4.76. The molecule has 0 aliphatic rings. The summed E-state index contributed by atoms with van der Waals surface area (Å²) < 4.78 is 50.3. The number of ether oxygens (including phenoxy) is 4. The summed E-state index contributed by atoms with van der Waals surface area (Å²) in [6.45, 7) is 10.1. The van der Waals surface area contributed by atoms with Crippen molar-refractivity contribution < 1.29 is 37.3 Å². The van der Waals surface area contributed by atoms with Crippen LogP contribution < -0.4 is 18.9 Å². The van der Waals surface area contributed by atoms with E-state index < -0.39 is 23.6 Å². The Morgan fingerprint density at radius 1 is 0.667 bits per heavy atom. The van der Waals surface area contributed by atoms with E-state index in [2.05, 4.69) is 13.2 Å². The molecule has 0 saturated carbocycles. The molecule has 8 heteroatoms. The van der Waals surface area contributed by atoms with Gasteiger partial charge >= 0.3 is 11.9 Å². The van der Waals surface area contributed by atoms with Crippen molar-refractivity contribution in [3.63, 3.8) is 0 Å². The molecule has 6 nitrogen and oxygen atoms in total. The zero-order chi connectivity index (χ0) is 26.2. The van der Waals surface area contributed by atoms with Crippen LogP contribution in [0.5, 0.6) is 23.0 Å². The third kappa shape index (κ3) is 6.79. The highest BCUT2D eigenvalue weighted by Crippen LogP contribution is 2.31. The molecule has 0 radical (unpaired) electrons. The Bertz CT molecular complexity index is 1280. The molecule has 0 unspecified atom stereocenters. The van der Waals surface area contributed by atoms with Crippen LogP contribution in [-0.4, -0.2) is 25.2 Å². The van der Waals surface area contributed by atoms with Crippen LogP contribution in [0, 0.1) is 11.6 Å². The van der Waals surface area contributed by atoms with E-state index in [1.807, 2.05) is 0 Å². The number of halogens is 2. The van der Waals surface area contributed by atoms with Crippen LogP contribution >= 0.6 is 0 Å². The summed E-state index contributed by atoms with van der Waals surface area (Å²) in [5.74, 6) is -2.48. The van der Waals surface area contributed by atoms with E-state index in [1.54, 1.807) is 31.2 Å². The Hall–Kier alpha value is -4.46. The summed E-state index contributed by atoms with van der Waals surface area (Å²) in [7, 11) is 0. The van der Waals surface area contributed by atoms with E-state index >= 15 is 0 Å². The minimum absolute atomic E-state index is 0.0290. The van der Waals surface area contributed by atoms with Gasteiger partial charge in [0, 0.05) is 16.7 Å². The monoisotopic (exact) mass is 494 g/mol. The summed E-state index contributed by atoms with van der Waals surface area (Å²) in [6.07, 6.45) is 0. The van der Waals surface area contributed by atoms with E-state index in [0.29, 0.717) is 17.1 Å². The van der Waals surface area contributed by atoms with E-state index in [-0.39, 0.29) is 41.4 Å². The number of rotatable bonds is 10. The van der Waals surface area contributed by atoms with Crippen molar-refractivity contribution in [1.29, 1.82) is 0 Å². The molecule has 0 N–H and O–H groups in total. The molecule has 3 rings (SSSR count). The molecule has 0 fully saturated rings. The number of carbonyl (C=O) groups is 2. The molecule has 36 heavy (non-hydrogen) atoms. The Kier molecular flexibility index (Phi) is 8.57. The largest absolute Gasteiger partial charge is 0.490 e. The second kappa shape index (κ2) is 11.8. The normalized spacial score (nSPS) is 10.3. The van der Waals surface area contributed by atoms with Crippen LogP contribution in [0.3, 0.4) is 0 Å². The molecule has 0 amide bonds. The highest BCUT2D eigenvalue weighted by Gasteiger charge is 2.16. The van der Waals surface area contributed by atoms with Gasteiger partial charge in [0.2, 0.25) is 5.82 Å². The van der Waals surface area contributed by atoms with Crippen LogP contribution in [-0.2, 0) is 9.59 Å². The standard InChI is InChI=1S/C28H24F2O6/c1-17(2)27(31)35-21-7-5-19(6-8-21)23-13-14-24(26(30)25(23)29)34-16-15-33-20-9-11-22(12-10-20)36-28(32)18(3)4/h5-14H,1,3,15-16H2,2,4H3. The van der Waals surface area contributed by atoms with E-state index in [1.165, 1.54) is 43.3 Å². The fourth-order valence-electron chi connectivity index (χ4n) is 2.87. The van der Waals surface area contributed by atoms with Gasteiger partial charge in [-0.2, -0.15) is 4.39 Å². The van der Waals surface area contributed by atoms with Crippen molar-refractivity contribution in [2.75, 3.05) is 13.2 Å². The predicted molar refractivity (Wildman–Crippen MR) is 130 cm³/mol. The lowest BCUT2D eigenvalue weighted by molar-refractivity contribution is -0.130. The molecule has 0 aliphatic carbocycles. The second-order valence-corrected chi connectivity index (χ2v) is 7.77. The Morgan fingerprint density at radius 2 is 1.14 bits per heavy atom. The van der Waals surface area contributed by atoms with Crippen molar-refractivity contribution in [3.8, 4) is 34.1 Å². The van der Waals surface area contributed by atoms with Crippen LogP contribution in [0.2, 0.25) is 0 Å². The molecule has 0 aromatic heterocycles. The van der Waals surface area contributed by atoms with Gasteiger partial charge < -0.3 is 18.9 Å². The molecule has 0 aliphatic heterocycles. The molecule has 0 bridgehead atoms. The average molecular weight is 494 g/mol. The van der Waals surface area contributed by atoms with Gasteiger partial charge in [-0.1, -0.05) is 25.3 Å². The Labute approximate surface area is 207 Å². The van der Waals surface area contributed by atoms with Crippen LogP contribution in [0.15, 0.2) is 85.0 Å². The molecule has 186 valence electrons. The lowest BCUT2D eigenvalue weighted by atomic mass is 10.0. The highest BCUT2D eigenvalue weighted by molar-refractivity contribution is 5.89. The number of hydrogen-bond donors (Lipinski definition) is 0. The summed E-state index contributed by atoms with van der Waals surface area (Å²) in [5.41, 5.74) is 0.950. The van der Waals surface area contributed by atoms with Crippen LogP contribution in [0.25, 0.3) is 11.1 Å². The van der Waals surface area contributed by atoms with Crippen molar-refractivity contribution in [2.45, 2.75) is 13.8 Å². The quantitative estimate of drug-likeness (QED) is 0.148. The fourth-order valence-corrected chi connectivity index (χ4v) is 2.87. The fraction of sp³-hybridized carbons (Fsp3) is 0.143. The lowest BCUT2D eigenvalue weighted by Gasteiger charge is -2.12. The Balaban J connectivity index is 1.55. The number of benzene rings is 3. The van der Waals surface area contributed by atoms with Gasteiger partial charge in [0.05, 0.1) is 0 Å². The van der Waals surface area contributed by atoms with Crippen molar-refractivity contribution in [3.05, 3.63) is 96.6 Å². The van der Waals surface area contributed by atoms with E-state index in [4.69, 9.17) is 18.9 Å². The maximum Gasteiger partial charge on any atom is 0.338 e. The smallest absolute Gasteiger partial charge is 0.338 e. The van der Waals surface area contributed by atoms with Crippen molar-refractivity contribution >= 4 is 11.9 Å². The minimum atomic E-state index is -1.13. The summed E-state index contributed by atoms with van der Waals surface area (Å²) in [6, 6.07) is 15.0. The van der Waals surface area contributed by atoms with Gasteiger partial charge in [-0.3, -0.25) is 0 Å². The van der Waals surface area contributed by atoms with E-state index in [9.17, 15) is 18.4 Å². The first-order valence-electron chi connectivity index (χ1n) is 10.8. The first-order chi connectivity index (χ1) is 17.2. The van der Waals surface area contributed by atoms with Crippen LogP contribution in [0.1, 0.15) is 13.8 Å². The number of esters is 2. The van der Waals surface area contributed by atoms with Gasteiger partial charge in [-0.15, -0.1) is 0 Å². The first-order valence-corrected chi connectivity index (χ1v) is 10.8. The average Bonchev–Trinajstić information content (AvgIpc) is 2.85. The Morgan fingerprint density at radius 3 is 1.67 bits per heavy atom. The zero-order valence-electron chi connectivity index (χ0n) is 19.8. The first kappa shape index (κ1) is 26.2. The summed E-state index contributed by atoms with van der Waals surface area (Å²) >= 11 is 0. The number of hydrogen-bond acceptors (Lipinski definition) is 6. The molecule has 3 aromatic rings. The molecular weight excluding hydrogens is 470 g/mol. The molecule has 3 aromatic carbocycles. The van der Waals surface area contributed by atoms with Gasteiger partial charge in [0.25, 0.3) is 0 Å². The topological polar surface area (TPSA) is 71.1 Å². The molecule has 0 heterocycles. The lowest BCUT2D eigenvalue weighted by Crippen LogP contribution is -2.10. The molecule has 0 spiro atoms. The van der Waals surface area contributed by atoms with Crippen LogP contribution in [0.4, 0.5) is 8.78 Å². The molecule has 0 atom stereocenters. The SMILES string of the molecule is C=C(C)C(=O)Oc1ccc(OCCOc2ccc(-c3ccc(OC(=O)C(=C)C)cc3)c(F)c2F)cc1. The second-order valence-electron chi connectivity index (χ2n) is 7.77.